The summed E-state index contributed by atoms with van der Waals surface area (Å²) >= 11 is 0. The number of anilines is 4. The number of aryl methyl sites for hydroxylation is 1. The number of likely N-dealkylation sites (tertiary alicyclic amines) is 1. The van der Waals surface area contributed by atoms with Gasteiger partial charge in [0.05, 0.1) is 40.8 Å². The number of alkyl halides is 2. The third kappa shape index (κ3) is 8.80. The Morgan fingerprint density at radius 3 is 2.41 bits per heavy atom. The normalized spacial score (nSPS) is 19.5. The van der Waals surface area contributed by atoms with E-state index in [0.29, 0.717) is 66.7 Å². The monoisotopic (exact) mass is 800 g/mol. The van der Waals surface area contributed by atoms with Gasteiger partial charge in [0.2, 0.25) is 11.8 Å². The van der Waals surface area contributed by atoms with Gasteiger partial charge in [-0.15, -0.1) is 0 Å². The van der Waals surface area contributed by atoms with Crippen LogP contribution < -0.4 is 26.2 Å². The lowest BCUT2D eigenvalue weighted by molar-refractivity contribution is -0.136. The van der Waals surface area contributed by atoms with Crippen molar-refractivity contribution in [1.82, 2.24) is 20.4 Å². The Morgan fingerprint density at radius 1 is 0.879 bits per heavy atom. The van der Waals surface area contributed by atoms with Gasteiger partial charge in [0.1, 0.15) is 17.7 Å². The van der Waals surface area contributed by atoms with Crippen molar-refractivity contribution >= 4 is 58.2 Å². The Morgan fingerprint density at radius 2 is 1.64 bits per heavy atom. The highest BCUT2D eigenvalue weighted by Gasteiger charge is 2.45. The summed E-state index contributed by atoms with van der Waals surface area (Å²) in [7, 11) is 0. The van der Waals surface area contributed by atoms with E-state index >= 15 is 0 Å². The first kappa shape index (κ1) is 40.3. The van der Waals surface area contributed by atoms with Crippen LogP contribution in [0, 0.1) is 12.7 Å². The molecule has 3 aromatic carbocycles. The molecule has 2 fully saturated rings. The lowest BCUT2D eigenvalue weighted by atomic mass is 10.0. The van der Waals surface area contributed by atoms with Crippen LogP contribution in [-0.2, 0) is 9.59 Å². The zero-order chi connectivity index (χ0) is 40.9. The first-order chi connectivity index (χ1) is 28.0. The van der Waals surface area contributed by atoms with Gasteiger partial charge in [-0.1, -0.05) is 43.4 Å². The maximum atomic E-state index is 14.4. The number of piperidine rings is 1. The maximum Gasteiger partial charge on any atom is 0.317 e. The quantitative estimate of drug-likeness (QED) is 0.109. The number of nitrogens with one attached hydrogen (secondary N) is 4. The van der Waals surface area contributed by atoms with Crippen LogP contribution in [0.2, 0.25) is 0 Å². The summed E-state index contributed by atoms with van der Waals surface area (Å²) in [5, 5.41) is 11.7. The molecule has 3 aromatic rings. The first-order valence-electron chi connectivity index (χ1n) is 19.9. The minimum atomic E-state index is -2.63. The van der Waals surface area contributed by atoms with Gasteiger partial charge in [-0.2, -0.15) is 0 Å². The van der Waals surface area contributed by atoms with Gasteiger partial charge in [0, 0.05) is 43.9 Å². The van der Waals surface area contributed by atoms with E-state index < -0.39 is 48.5 Å². The summed E-state index contributed by atoms with van der Waals surface area (Å²) in [6, 6.07) is 13.1. The maximum absolute atomic E-state index is 14.4. The molecular formula is C42H47F3N8O5. The zero-order valence-corrected chi connectivity index (χ0v) is 32.3. The number of carbonyl (C=O) groups is 5. The van der Waals surface area contributed by atoms with Gasteiger partial charge >= 0.3 is 6.03 Å². The van der Waals surface area contributed by atoms with Crippen molar-refractivity contribution in [2.75, 3.05) is 48.3 Å². The average molecular weight is 801 g/mol. The summed E-state index contributed by atoms with van der Waals surface area (Å²) in [4.78, 5) is 72.5. The molecule has 4 aliphatic rings. The van der Waals surface area contributed by atoms with Crippen LogP contribution in [0.5, 0.6) is 0 Å². The van der Waals surface area contributed by atoms with E-state index in [1.807, 2.05) is 19.1 Å². The number of fused-ring (bicyclic) bond motifs is 3. The van der Waals surface area contributed by atoms with Crippen LogP contribution in [-0.4, -0.2) is 96.5 Å². The number of benzene rings is 3. The molecule has 58 heavy (non-hydrogen) atoms. The number of amidine groups is 1. The van der Waals surface area contributed by atoms with Gasteiger partial charge in [-0.3, -0.25) is 34.4 Å². The molecule has 2 atom stereocenters. The van der Waals surface area contributed by atoms with Crippen molar-refractivity contribution in [3.8, 4) is 0 Å². The predicted molar refractivity (Wildman–Crippen MR) is 213 cm³/mol. The molecule has 306 valence electrons. The summed E-state index contributed by atoms with van der Waals surface area (Å²) < 4.78 is 41.9. The molecule has 7 rings (SSSR count). The lowest BCUT2D eigenvalue weighted by Gasteiger charge is -2.27. The first-order valence-corrected chi connectivity index (χ1v) is 19.9. The number of hydrogen-bond acceptors (Lipinski definition) is 8. The molecule has 13 nitrogen and oxygen atoms in total. The Balaban J connectivity index is 0.830. The van der Waals surface area contributed by atoms with E-state index in [4.69, 9.17) is 4.99 Å². The predicted octanol–water partition coefficient (Wildman–Crippen LogP) is 6.35. The number of halogens is 3. The molecule has 0 spiro atoms. The summed E-state index contributed by atoms with van der Waals surface area (Å²) in [6.45, 7) is 3.37. The van der Waals surface area contributed by atoms with Gasteiger partial charge in [0.15, 0.2) is 0 Å². The highest BCUT2D eigenvalue weighted by molar-refractivity contribution is 6.25. The van der Waals surface area contributed by atoms with Crippen LogP contribution >= 0.6 is 0 Å². The second kappa shape index (κ2) is 17.7. The number of unbranched alkanes of at least 4 members (excludes halogenated alkanes) is 5. The van der Waals surface area contributed by atoms with Gasteiger partial charge in [-0.25, -0.2) is 18.0 Å². The Hall–Kier alpha value is -5.93. The summed E-state index contributed by atoms with van der Waals surface area (Å²) in [6.07, 6.45) is 3.70. The number of aliphatic imine (C=N–C) groups is 1. The Kier molecular flexibility index (Phi) is 12.3. The number of hydrogen-bond donors (Lipinski definition) is 4. The standard InChI is InChI=1S/C42H47F3N8O5/c1-25-11-13-32-29(21-25)38(49-31-22-26(43)12-14-33(31)52(32)24-35(44)45)48-27-17-20-51(23-27)42(58)47-19-7-5-3-2-4-6-18-46-30-10-8-9-28-37(30)41(57)53(40(28)56)34-15-16-36(54)50-39(34)55/h8-14,21-22,27,34-35,46H,2-7,15-20,23-24H2,1H3,(H,47,58)(H,48,49)(H,50,54,55)/t27-,34?/m0/s1. The van der Waals surface area contributed by atoms with E-state index in [1.54, 1.807) is 29.2 Å². The highest BCUT2D eigenvalue weighted by atomic mass is 19.3. The van der Waals surface area contributed by atoms with Crippen molar-refractivity contribution in [1.29, 1.82) is 0 Å². The zero-order valence-electron chi connectivity index (χ0n) is 32.3. The molecule has 0 bridgehead atoms. The molecule has 4 N–H and O–H groups in total. The van der Waals surface area contributed by atoms with Crippen LogP contribution in [0.15, 0.2) is 59.6 Å². The van der Waals surface area contributed by atoms with Crippen molar-refractivity contribution < 1.29 is 37.1 Å². The van der Waals surface area contributed by atoms with Gasteiger partial charge in [0.25, 0.3) is 18.2 Å². The lowest BCUT2D eigenvalue weighted by Crippen LogP contribution is -2.54. The van der Waals surface area contributed by atoms with Gasteiger partial charge in [-0.05, 0) is 75.1 Å². The molecule has 0 saturated carbocycles. The second-order valence-corrected chi connectivity index (χ2v) is 15.1. The molecule has 0 aliphatic carbocycles. The van der Waals surface area contributed by atoms with Crippen molar-refractivity contribution in [2.24, 2.45) is 4.99 Å². The van der Waals surface area contributed by atoms with E-state index in [1.165, 1.54) is 23.1 Å². The number of imide groups is 2. The number of nitrogens with zero attached hydrogens (tertiary/aromatic N) is 4. The SMILES string of the molecule is Cc1ccc2c(c1)C(=N[C@H]1CCN(C(=O)NCCCCCCCCNc3cccc4c3C(=O)N(C3CCC(=O)NC3=O)C4=O)C1)Nc1cc(F)ccc1N2CC(F)F. The molecule has 2 saturated heterocycles. The summed E-state index contributed by atoms with van der Waals surface area (Å²) in [5.74, 6) is -2.19. The van der Waals surface area contributed by atoms with Crippen LogP contribution in [0.4, 0.5) is 40.7 Å². The molecule has 0 radical (unpaired) electrons. The largest absolute Gasteiger partial charge is 0.384 e. The minimum Gasteiger partial charge on any atom is -0.384 e. The molecule has 4 aliphatic heterocycles. The number of urea groups is 1. The Labute approximate surface area is 334 Å². The Bertz CT molecular complexity index is 2130. The highest BCUT2D eigenvalue weighted by Crippen LogP contribution is 2.40. The topological polar surface area (TPSA) is 156 Å². The van der Waals surface area contributed by atoms with Crippen LogP contribution in [0.1, 0.15) is 89.6 Å². The minimum absolute atomic E-state index is 0.0638. The fourth-order valence-corrected chi connectivity index (χ4v) is 8.04. The van der Waals surface area contributed by atoms with E-state index in [2.05, 4.69) is 21.3 Å². The molecular weight excluding hydrogens is 754 g/mol. The second-order valence-electron chi connectivity index (χ2n) is 15.1. The fraction of sp³-hybridized carbons (Fsp3) is 0.429. The number of carbonyl (C=O) groups excluding carboxylic acids is 5. The van der Waals surface area contributed by atoms with Gasteiger partial charge < -0.3 is 25.8 Å². The van der Waals surface area contributed by atoms with Crippen molar-refractivity contribution in [2.45, 2.75) is 83.2 Å². The third-order valence-corrected chi connectivity index (χ3v) is 10.9. The van der Waals surface area contributed by atoms with Crippen molar-refractivity contribution in [3.63, 3.8) is 0 Å². The number of amides is 6. The van der Waals surface area contributed by atoms with E-state index in [-0.39, 0.29) is 36.0 Å². The molecule has 4 heterocycles. The van der Waals surface area contributed by atoms with E-state index in [9.17, 15) is 37.1 Å². The van der Waals surface area contributed by atoms with Crippen molar-refractivity contribution in [3.05, 3.63) is 82.7 Å². The summed E-state index contributed by atoms with van der Waals surface area (Å²) in [5.41, 5.74) is 3.88. The molecule has 6 amide bonds. The average Bonchev–Trinajstić information content (AvgIpc) is 3.73. The van der Waals surface area contributed by atoms with Crippen LogP contribution in [0.25, 0.3) is 0 Å². The van der Waals surface area contributed by atoms with E-state index in [0.717, 1.165) is 49.0 Å². The number of rotatable bonds is 14. The fourth-order valence-electron chi connectivity index (χ4n) is 8.04. The molecule has 0 aromatic heterocycles. The third-order valence-electron chi connectivity index (χ3n) is 10.9. The molecule has 16 heteroatoms. The van der Waals surface area contributed by atoms with Crippen LogP contribution in [0.3, 0.4) is 0 Å². The molecule has 1 unspecified atom stereocenters. The smallest absolute Gasteiger partial charge is 0.317 e.